The maximum atomic E-state index is 13.7. The standard InChI is InChI=1S/C27H34N4O3S.C2H4O2/c32-25(33)15-19-5-4-13-30(17-19)24-10-9-23(26(29-24)35-22-7-1-2-8-22)27(34)31-14-11-21(18-31)20-6-3-12-28-16-20;1-2(3)4/h3,6,9-10,12,16,19,21-22H,1-2,4-5,7-8,11,13-15,17-18H2,(H,32,33);1H3,(H,3,4)/t19-,21?;/m0./s1. The molecule has 4 heterocycles. The van der Waals surface area contributed by atoms with Crippen LogP contribution in [0, 0.1) is 5.92 Å². The van der Waals surface area contributed by atoms with Gasteiger partial charge in [0.15, 0.2) is 0 Å². The summed E-state index contributed by atoms with van der Waals surface area (Å²) in [5.41, 5.74) is 1.90. The topological polar surface area (TPSA) is 124 Å². The smallest absolute Gasteiger partial charge is 0.303 e. The molecule has 1 saturated carbocycles. The van der Waals surface area contributed by atoms with Gasteiger partial charge in [0.05, 0.1) is 5.56 Å². The third-order valence-corrected chi connectivity index (χ3v) is 8.93. The van der Waals surface area contributed by atoms with Gasteiger partial charge in [-0.2, -0.15) is 0 Å². The highest BCUT2D eigenvalue weighted by Crippen LogP contribution is 2.38. The van der Waals surface area contributed by atoms with E-state index < -0.39 is 11.9 Å². The fourth-order valence-corrected chi connectivity index (χ4v) is 7.03. The number of thioether (sulfide) groups is 1. The van der Waals surface area contributed by atoms with Gasteiger partial charge in [0.25, 0.3) is 11.9 Å². The first kappa shape index (κ1) is 28.9. The number of carbonyl (C=O) groups is 3. The second-order valence-electron chi connectivity index (χ2n) is 10.6. The van der Waals surface area contributed by atoms with Gasteiger partial charge in [-0.3, -0.25) is 19.4 Å². The second-order valence-corrected chi connectivity index (χ2v) is 11.9. The summed E-state index contributed by atoms with van der Waals surface area (Å²) in [5.74, 6) is -0.168. The Balaban J connectivity index is 0.000000826. The molecular formula is C29H38N4O5S. The van der Waals surface area contributed by atoms with Gasteiger partial charge in [-0.25, -0.2) is 4.98 Å². The Morgan fingerprint density at radius 1 is 1.00 bits per heavy atom. The molecule has 0 spiro atoms. The Kier molecular flexibility index (Phi) is 10.2. The zero-order chi connectivity index (χ0) is 27.8. The van der Waals surface area contributed by atoms with Crippen LogP contribution >= 0.6 is 11.8 Å². The van der Waals surface area contributed by atoms with Crippen molar-refractivity contribution >= 4 is 35.4 Å². The van der Waals surface area contributed by atoms with E-state index in [2.05, 4.69) is 16.0 Å². The average Bonchev–Trinajstić information content (AvgIpc) is 3.61. The molecule has 1 amide bonds. The van der Waals surface area contributed by atoms with Crippen LogP contribution < -0.4 is 4.90 Å². The Morgan fingerprint density at radius 3 is 2.46 bits per heavy atom. The van der Waals surface area contributed by atoms with Gasteiger partial charge in [0.1, 0.15) is 10.8 Å². The molecule has 2 aromatic heterocycles. The maximum Gasteiger partial charge on any atom is 0.303 e. The van der Waals surface area contributed by atoms with E-state index in [1.807, 2.05) is 29.3 Å². The number of amides is 1. The minimum Gasteiger partial charge on any atom is -0.481 e. The Labute approximate surface area is 234 Å². The largest absolute Gasteiger partial charge is 0.481 e. The highest BCUT2D eigenvalue weighted by atomic mass is 32.2. The van der Waals surface area contributed by atoms with Crippen molar-refractivity contribution in [1.29, 1.82) is 0 Å². The molecule has 0 radical (unpaired) electrons. The lowest BCUT2D eigenvalue weighted by Gasteiger charge is -2.33. The number of aromatic nitrogens is 2. The van der Waals surface area contributed by atoms with Gasteiger partial charge in [0, 0.05) is 63.1 Å². The number of carboxylic acid groups (broad SMARTS) is 2. The molecule has 1 aliphatic carbocycles. The van der Waals surface area contributed by atoms with Crippen LogP contribution in [-0.2, 0) is 9.59 Å². The monoisotopic (exact) mass is 554 g/mol. The minimum atomic E-state index is -0.833. The molecule has 2 saturated heterocycles. The fourth-order valence-electron chi connectivity index (χ4n) is 5.71. The van der Waals surface area contributed by atoms with Gasteiger partial charge in [-0.15, -0.1) is 11.8 Å². The first-order chi connectivity index (χ1) is 18.8. The van der Waals surface area contributed by atoms with Crippen molar-refractivity contribution in [2.45, 2.75) is 74.5 Å². The van der Waals surface area contributed by atoms with Crippen LogP contribution in [0.2, 0.25) is 0 Å². The Hall–Kier alpha value is -3.14. The van der Waals surface area contributed by atoms with Gasteiger partial charge >= 0.3 is 5.97 Å². The van der Waals surface area contributed by atoms with Crippen molar-refractivity contribution in [1.82, 2.24) is 14.9 Å². The number of carbonyl (C=O) groups excluding carboxylic acids is 1. The molecule has 210 valence electrons. The molecule has 0 bridgehead atoms. The number of hydrogen-bond donors (Lipinski definition) is 2. The summed E-state index contributed by atoms with van der Waals surface area (Å²) in [7, 11) is 0. The molecule has 39 heavy (non-hydrogen) atoms. The molecule has 2 aliphatic heterocycles. The maximum absolute atomic E-state index is 13.7. The van der Waals surface area contributed by atoms with Crippen LogP contribution in [0.25, 0.3) is 0 Å². The number of nitrogens with zero attached hydrogens (tertiary/aromatic N) is 4. The minimum absolute atomic E-state index is 0.0679. The van der Waals surface area contributed by atoms with E-state index in [1.54, 1.807) is 18.0 Å². The lowest BCUT2D eigenvalue weighted by molar-refractivity contribution is -0.138. The van der Waals surface area contributed by atoms with Crippen LogP contribution in [-0.4, -0.2) is 74.4 Å². The number of likely N-dealkylation sites (tertiary alicyclic amines) is 1. The van der Waals surface area contributed by atoms with E-state index in [-0.39, 0.29) is 18.2 Å². The Bertz CT molecular complexity index is 1140. The normalized spacial score (nSPS) is 21.4. The summed E-state index contributed by atoms with van der Waals surface area (Å²) in [6, 6.07) is 7.98. The molecule has 0 aromatic carbocycles. The van der Waals surface area contributed by atoms with E-state index in [9.17, 15) is 14.7 Å². The predicted molar refractivity (Wildman–Crippen MR) is 150 cm³/mol. The number of aliphatic carboxylic acids is 2. The van der Waals surface area contributed by atoms with Crippen molar-refractivity contribution in [2.75, 3.05) is 31.1 Å². The van der Waals surface area contributed by atoms with Crippen LogP contribution in [0.3, 0.4) is 0 Å². The highest BCUT2D eigenvalue weighted by molar-refractivity contribution is 7.99. The number of anilines is 1. The van der Waals surface area contributed by atoms with Crippen molar-refractivity contribution in [3.8, 4) is 0 Å². The fraction of sp³-hybridized carbons (Fsp3) is 0.552. The molecule has 2 atom stereocenters. The summed E-state index contributed by atoms with van der Waals surface area (Å²) < 4.78 is 0. The van der Waals surface area contributed by atoms with E-state index in [0.29, 0.717) is 29.8 Å². The zero-order valence-corrected chi connectivity index (χ0v) is 23.3. The van der Waals surface area contributed by atoms with Crippen LogP contribution in [0.5, 0.6) is 0 Å². The summed E-state index contributed by atoms with van der Waals surface area (Å²) in [6.45, 7) is 4.13. The van der Waals surface area contributed by atoms with Crippen molar-refractivity contribution in [3.05, 3.63) is 47.8 Å². The van der Waals surface area contributed by atoms with E-state index in [0.717, 1.165) is 50.1 Å². The molecule has 2 aromatic rings. The molecule has 3 fully saturated rings. The number of piperidine rings is 1. The summed E-state index contributed by atoms with van der Waals surface area (Å²) >= 11 is 1.76. The van der Waals surface area contributed by atoms with Gasteiger partial charge in [0.2, 0.25) is 0 Å². The van der Waals surface area contributed by atoms with Gasteiger partial charge in [-0.1, -0.05) is 18.9 Å². The Morgan fingerprint density at radius 2 is 1.77 bits per heavy atom. The van der Waals surface area contributed by atoms with E-state index >= 15 is 0 Å². The van der Waals surface area contributed by atoms with E-state index in [1.165, 1.54) is 31.2 Å². The SMILES string of the molecule is CC(=O)O.O=C(O)C[C@@H]1CCCN(c2ccc(C(=O)N3CCC(c4cccnc4)C3)c(SC3CCCC3)n2)C1. The van der Waals surface area contributed by atoms with E-state index in [4.69, 9.17) is 14.9 Å². The lowest BCUT2D eigenvalue weighted by atomic mass is 9.95. The first-order valence-electron chi connectivity index (χ1n) is 13.8. The quantitative estimate of drug-likeness (QED) is 0.491. The van der Waals surface area contributed by atoms with Crippen LogP contribution in [0.1, 0.15) is 80.1 Å². The number of rotatable bonds is 7. The van der Waals surface area contributed by atoms with Crippen LogP contribution in [0.15, 0.2) is 41.7 Å². The van der Waals surface area contributed by atoms with Crippen LogP contribution in [0.4, 0.5) is 5.82 Å². The lowest BCUT2D eigenvalue weighted by Crippen LogP contribution is -2.37. The number of hydrogen-bond acceptors (Lipinski definition) is 7. The molecule has 9 nitrogen and oxygen atoms in total. The molecule has 5 rings (SSSR count). The number of carboxylic acids is 2. The molecule has 2 N–H and O–H groups in total. The highest BCUT2D eigenvalue weighted by Gasteiger charge is 2.31. The average molecular weight is 555 g/mol. The summed E-state index contributed by atoms with van der Waals surface area (Å²) in [6.07, 6.45) is 11.6. The third kappa shape index (κ3) is 8.17. The summed E-state index contributed by atoms with van der Waals surface area (Å²) in [4.78, 5) is 47.3. The van der Waals surface area contributed by atoms with Gasteiger partial charge < -0.3 is 20.0 Å². The molecular weight excluding hydrogens is 516 g/mol. The van der Waals surface area contributed by atoms with Crippen molar-refractivity contribution < 1.29 is 24.6 Å². The van der Waals surface area contributed by atoms with Gasteiger partial charge in [-0.05, 0) is 61.8 Å². The zero-order valence-electron chi connectivity index (χ0n) is 22.5. The third-order valence-electron chi connectivity index (χ3n) is 7.59. The summed E-state index contributed by atoms with van der Waals surface area (Å²) in [5, 5.41) is 18.0. The van der Waals surface area contributed by atoms with Crippen molar-refractivity contribution in [2.24, 2.45) is 5.92 Å². The number of pyridine rings is 2. The molecule has 1 unspecified atom stereocenters. The second kappa shape index (κ2) is 13.8. The van der Waals surface area contributed by atoms with Crippen molar-refractivity contribution in [3.63, 3.8) is 0 Å². The molecule has 10 heteroatoms. The molecule has 3 aliphatic rings. The predicted octanol–water partition coefficient (Wildman–Crippen LogP) is 4.92. The first-order valence-corrected chi connectivity index (χ1v) is 14.7.